The van der Waals surface area contributed by atoms with Gasteiger partial charge in [-0.05, 0) is 116 Å². The van der Waals surface area contributed by atoms with E-state index >= 15 is 0 Å². The van der Waals surface area contributed by atoms with Gasteiger partial charge in [0.05, 0.1) is 22.1 Å². The van der Waals surface area contributed by atoms with Crippen molar-refractivity contribution in [3.05, 3.63) is 217 Å². The highest BCUT2D eigenvalue weighted by Gasteiger charge is 2.37. The molecule has 278 valence electrons. The Bertz CT molecular complexity index is 3440. The third-order valence-electron chi connectivity index (χ3n) is 12.9. The van der Waals surface area contributed by atoms with Crippen molar-refractivity contribution in [1.29, 1.82) is 0 Å². The van der Waals surface area contributed by atoms with Gasteiger partial charge in [0, 0.05) is 38.3 Å². The summed E-state index contributed by atoms with van der Waals surface area (Å²) in [5, 5.41) is 5.10. The molecule has 2 heterocycles. The number of hydrogen-bond donors (Lipinski definition) is 0. The smallest absolute Gasteiger partial charge is 0.0547 e. The van der Waals surface area contributed by atoms with E-state index in [4.69, 9.17) is 0 Å². The molecule has 0 bridgehead atoms. The Hall–Kier alpha value is -7.42. The molecule has 1 aliphatic rings. The van der Waals surface area contributed by atoms with Gasteiger partial charge in [-0.15, -0.1) is 0 Å². The molecule has 12 rings (SSSR count). The molecule has 59 heavy (non-hydrogen) atoms. The van der Waals surface area contributed by atoms with E-state index in [-0.39, 0.29) is 5.41 Å². The molecule has 0 spiro atoms. The molecule has 0 fully saturated rings. The first-order chi connectivity index (χ1) is 29.0. The van der Waals surface area contributed by atoms with Gasteiger partial charge in [-0.2, -0.15) is 0 Å². The summed E-state index contributed by atoms with van der Waals surface area (Å²) in [7, 11) is 0. The van der Waals surface area contributed by atoms with Crippen LogP contribution in [0.15, 0.2) is 206 Å². The van der Waals surface area contributed by atoms with E-state index in [2.05, 4.69) is 229 Å². The molecule has 9 aromatic carbocycles. The molecule has 2 nitrogen and oxygen atoms in total. The van der Waals surface area contributed by atoms with Crippen LogP contribution in [0.4, 0.5) is 0 Å². The second-order valence-corrected chi connectivity index (χ2v) is 16.5. The lowest BCUT2D eigenvalue weighted by molar-refractivity contribution is 0.661. The predicted molar refractivity (Wildman–Crippen MR) is 249 cm³/mol. The Morgan fingerprint density at radius 3 is 1.61 bits per heavy atom. The zero-order chi connectivity index (χ0) is 39.2. The van der Waals surface area contributed by atoms with Crippen LogP contribution in [0, 0.1) is 0 Å². The first kappa shape index (κ1) is 33.7. The summed E-state index contributed by atoms with van der Waals surface area (Å²) in [6.07, 6.45) is 0. The zero-order valence-electron chi connectivity index (χ0n) is 33.0. The summed E-state index contributed by atoms with van der Waals surface area (Å²) in [6, 6.07) is 76.0. The third kappa shape index (κ3) is 5.06. The normalized spacial score (nSPS) is 13.1. The number of para-hydroxylation sites is 1. The van der Waals surface area contributed by atoms with Crippen LogP contribution in [-0.4, -0.2) is 9.13 Å². The predicted octanol–water partition coefficient (Wildman–Crippen LogP) is 15.2. The Labute approximate surface area is 343 Å². The van der Waals surface area contributed by atoms with Crippen molar-refractivity contribution in [2.75, 3.05) is 0 Å². The van der Waals surface area contributed by atoms with Crippen LogP contribution in [-0.2, 0) is 5.41 Å². The fourth-order valence-corrected chi connectivity index (χ4v) is 10.1. The van der Waals surface area contributed by atoms with Crippen LogP contribution in [0.25, 0.3) is 99.5 Å². The molecule has 0 radical (unpaired) electrons. The van der Waals surface area contributed by atoms with Crippen LogP contribution in [0.2, 0.25) is 0 Å². The fourth-order valence-electron chi connectivity index (χ4n) is 10.1. The molecular weight excluding hydrogens is 713 g/mol. The van der Waals surface area contributed by atoms with Crippen molar-refractivity contribution >= 4 is 43.6 Å². The fraction of sp³-hybridized carbons (Fsp3) is 0.0526. The minimum atomic E-state index is -0.0939. The first-order valence-electron chi connectivity index (χ1n) is 20.6. The molecule has 1 aliphatic carbocycles. The zero-order valence-corrected chi connectivity index (χ0v) is 33.0. The van der Waals surface area contributed by atoms with Crippen molar-refractivity contribution in [3.63, 3.8) is 0 Å². The molecule has 2 heteroatoms. The van der Waals surface area contributed by atoms with E-state index in [1.807, 2.05) is 0 Å². The van der Waals surface area contributed by atoms with Crippen LogP contribution in [0.5, 0.6) is 0 Å². The third-order valence-corrected chi connectivity index (χ3v) is 12.9. The largest absolute Gasteiger partial charge is 0.309 e. The monoisotopic (exact) mass is 752 g/mol. The average Bonchev–Trinajstić information content (AvgIpc) is 3.89. The maximum atomic E-state index is 2.47. The molecule has 0 amide bonds. The van der Waals surface area contributed by atoms with Crippen molar-refractivity contribution < 1.29 is 0 Å². The first-order valence-corrected chi connectivity index (χ1v) is 20.6. The summed E-state index contributed by atoms with van der Waals surface area (Å²) in [5.74, 6) is 0. The quantitative estimate of drug-likeness (QED) is 0.166. The molecule has 0 N–H and O–H groups in total. The standard InChI is InChI=1S/C57H40N2/c1-57(2)49-22-11-9-21-46(49)55-50(57)30-33-54-56(55)48-36-42(27-32-53(48)58(54)43-28-24-39(25-29-43)37-14-5-3-6-15-37)41-26-31-52-47(35-41)45-20-10-12-23-51(45)59(52)44-19-13-18-40(34-44)38-16-7-4-8-17-38/h3-36H,1-2H3. The topological polar surface area (TPSA) is 9.86 Å². The Balaban J connectivity index is 1.07. The molecular formula is C57H40N2. The van der Waals surface area contributed by atoms with Crippen LogP contribution < -0.4 is 0 Å². The van der Waals surface area contributed by atoms with Gasteiger partial charge < -0.3 is 9.13 Å². The van der Waals surface area contributed by atoms with Gasteiger partial charge in [-0.25, -0.2) is 0 Å². The number of nitrogens with zero attached hydrogens (tertiary/aromatic N) is 2. The Morgan fingerprint density at radius 1 is 0.322 bits per heavy atom. The van der Waals surface area contributed by atoms with Gasteiger partial charge in [0.2, 0.25) is 0 Å². The minimum Gasteiger partial charge on any atom is -0.309 e. The number of benzene rings is 9. The van der Waals surface area contributed by atoms with Crippen LogP contribution in [0.3, 0.4) is 0 Å². The Morgan fingerprint density at radius 2 is 0.847 bits per heavy atom. The SMILES string of the molecule is CC1(C)c2ccccc2-c2c1ccc1c2c2cc(-c3ccc4c(c3)c3ccccc3n4-c3cccc(-c4ccccc4)c3)ccc2n1-c1ccc(-c2ccccc2)cc1. The Kier molecular flexibility index (Phi) is 7.31. The van der Waals surface area contributed by atoms with E-state index in [1.54, 1.807) is 0 Å². The number of hydrogen-bond acceptors (Lipinski definition) is 0. The number of aromatic nitrogens is 2. The van der Waals surface area contributed by atoms with E-state index in [0.717, 1.165) is 11.4 Å². The van der Waals surface area contributed by atoms with Gasteiger partial charge in [-0.3, -0.25) is 0 Å². The van der Waals surface area contributed by atoms with Crippen LogP contribution >= 0.6 is 0 Å². The molecule has 0 saturated heterocycles. The molecule has 0 atom stereocenters. The highest BCUT2D eigenvalue weighted by Crippen LogP contribution is 2.53. The van der Waals surface area contributed by atoms with Crippen molar-refractivity contribution in [2.45, 2.75) is 19.3 Å². The lowest BCUT2D eigenvalue weighted by Crippen LogP contribution is -2.14. The highest BCUT2D eigenvalue weighted by atomic mass is 15.0. The summed E-state index contributed by atoms with van der Waals surface area (Å²) >= 11 is 0. The van der Waals surface area contributed by atoms with E-state index in [9.17, 15) is 0 Å². The highest BCUT2D eigenvalue weighted by molar-refractivity contribution is 6.19. The molecule has 0 saturated carbocycles. The minimum absolute atomic E-state index is 0.0939. The summed E-state index contributed by atoms with van der Waals surface area (Å²) < 4.78 is 4.89. The molecule has 11 aromatic rings. The van der Waals surface area contributed by atoms with Crippen LogP contribution in [0.1, 0.15) is 25.0 Å². The molecule has 0 unspecified atom stereocenters. The maximum absolute atomic E-state index is 2.47. The van der Waals surface area contributed by atoms with Gasteiger partial charge in [-0.1, -0.05) is 159 Å². The van der Waals surface area contributed by atoms with Gasteiger partial charge in [0.1, 0.15) is 0 Å². The summed E-state index contributed by atoms with van der Waals surface area (Å²) in [6.45, 7) is 4.75. The maximum Gasteiger partial charge on any atom is 0.0547 e. The summed E-state index contributed by atoms with van der Waals surface area (Å²) in [4.78, 5) is 0. The van der Waals surface area contributed by atoms with Crippen molar-refractivity contribution in [2.24, 2.45) is 0 Å². The number of rotatable bonds is 5. The average molecular weight is 753 g/mol. The van der Waals surface area contributed by atoms with E-state index in [1.165, 1.54) is 99.2 Å². The van der Waals surface area contributed by atoms with Gasteiger partial charge in [0.15, 0.2) is 0 Å². The van der Waals surface area contributed by atoms with Gasteiger partial charge >= 0.3 is 0 Å². The number of fused-ring (bicyclic) bond motifs is 10. The van der Waals surface area contributed by atoms with E-state index < -0.39 is 0 Å². The molecule has 0 aliphatic heterocycles. The van der Waals surface area contributed by atoms with Gasteiger partial charge in [0.25, 0.3) is 0 Å². The molecule has 2 aromatic heterocycles. The van der Waals surface area contributed by atoms with Crippen molar-refractivity contribution in [1.82, 2.24) is 9.13 Å². The lowest BCUT2D eigenvalue weighted by Gasteiger charge is -2.21. The second-order valence-electron chi connectivity index (χ2n) is 16.5. The summed E-state index contributed by atoms with van der Waals surface area (Å²) in [5.41, 5.74) is 19.9. The second kappa shape index (κ2) is 12.8. The van der Waals surface area contributed by atoms with Crippen molar-refractivity contribution in [3.8, 4) is 55.9 Å². The lowest BCUT2D eigenvalue weighted by atomic mass is 9.82. The van der Waals surface area contributed by atoms with E-state index in [0.29, 0.717) is 0 Å².